The smallest absolute Gasteiger partial charge is 0.328 e. The van der Waals surface area contributed by atoms with E-state index < -0.39 is 40.9 Å². The zero-order valence-corrected chi connectivity index (χ0v) is 21.5. The summed E-state index contributed by atoms with van der Waals surface area (Å²) in [4.78, 5) is 44.8. The number of benzene rings is 3. The second-order valence-corrected chi connectivity index (χ2v) is 8.98. The number of carbonyl (C=O) groups is 3. The Morgan fingerprint density at radius 2 is 1.77 bits per heavy atom. The van der Waals surface area contributed by atoms with Crippen LogP contribution >= 0.6 is 11.6 Å². The number of amides is 1. The predicted molar refractivity (Wildman–Crippen MR) is 142 cm³/mol. The first-order valence-corrected chi connectivity index (χ1v) is 11.9. The SMILES string of the molecule is [C-]#[N+]c1ccc(-c2ccc(C[C@H](NC(=O)c3c(F)cc(C(C)=O)cc3F)C(=O)OC)c3cccnc23)c(Cl)c1. The summed E-state index contributed by atoms with van der Waals surface area (Å²) in [5.41, 5.74) is 1.72. The maximum Gasteiger partial charge on any atom is 0.328 e. The lowest BCUT2D eigenvalue weighted by molar-refractivity contribution is -0.142. The summed E-state index contributed by atoms with van der Waals surface area (Å²) in [5, 5.41) is 3.36. The molecule has 39 heavy (non-hydrogen) atoms. The molecule has 196 valence electrons. The van der Waals surface area contributed by atoms with Crippen LogP contribution in [0.3, 0.4) is 0 Å². The number of halogens is 3. The van der Waals surface area contributed by atoms with Gasteiger partial charge in [-0.25, -0.2) is 18.4 Å². The summed E-state index contributed by atoms with van der Waals surface area (Å²) in [6, 6.07) is 12.1. The lowest BCUT2D eigenvalue weighted by Crippen LogP contribution is -2.43. The van der Waals surface area contributed by atoms with Crippen molar-refractivity contribution in [3.05, 3.63) is 106 Å². The van der Waals surface area contributed by atoms with Gasteiger partial charge in [-0.15, -0.1) is 0 Å². The van der Waals surface area contributed by atoms with Gasteiger partial charge in [-0.3, -0.25) is 14.6 Å². The number of nitrogens with one attached hydrogen (secondary N) is 1. The Labute approximate surface area is 227 Å². The van der Waals surface area contributed by atoms with Gasteiger partial charge in [0.25, 0.3) is 5.91 Å². The molecule has 3 aromatic carbocycles. The van der Waals surface area contributed by atoms with Crippen LogP contribution in [-0.2, 0) is 16.0 Å². The summed E-state index contributed by atoms with van der Waals surface area (Å²) < 4.78 is 34.0. The van der Waals surface area contributed by atoms with Crippen molar-refractivity contribution in [3.8, 4) is 11.1 Å². The molecular weight excluding hydrogens is 528 g/mol. The van der Waals surface area contributed by atoms with Crippen molar-refractivity contribution in [1.82, 2.24) is 10.3 Å². The van der Waals surface area contributed by atoms with Gasteiger partial charge in [0.15, 0.2) is 11.5 Å². The van der Waals surface area contributed by atoms with E-state index in [1.54, 1.807) is 48.7 Å². The molecule has 0 aliphatic heterocycles. The van der Waals surface area contributed by atoms with E-state index in [0.29, 0.717) is 38.3 Å². The van der Waals surface area contributed by atoms with E-state index in [1.165, 1.54) is 0 Å². The Bertz CT molecular complexity index is 1660. The highest BCUT2D eigenvalue weighted by atomic mass is 35.5. The van der Waals surface area contributed by atoms with Crippen LogP contribution in [0.15, 0.2) is 60.8 Å². The molecule has 1 amide bonds. The van der Waals surface area contributed by atoms with Crippen LogP contribution in [0.2, 0.25) is 5.02 Å². The third-order valence-electron chi connectivity index (χ3n) is 6.12. The highest BCUT2D eigenvalue weighted by molar-refractivity contribution is 6.34. The molecule has 1 aromatic heterocycles. The number of fused-ring (bicyclic) bond motifs is 1. The third-order valence-corrected chi connectivity index (χ3v) is 6.44. The highest BCUT2D eigenvalue weighted by Crippen LogP contribution is 2.36. The lowest BCUT2D eigenvalue weighted by atomic mass is 9.95. The molecule has 1 heterocycles. The van der Waals surface area contributed by atoms with Crippen LogP contribution in [0.5, 0.6) is 0 Å². The van der Waals surface area contributed by atoms with Gasteiger partial charge >= 0.3 is 5.97 Å². The summed E-state index contributed by atoms with van der Waals surface area (Å²) in [6.07, 6.45) is 1.51. The first kappa shape index (κ1) is 27.4. The standard InChI is InChI=1S/C29H20ClF2N3O4/c1-15(36)17-11-23(31)26(24(32)12-17)28(37)35-25(29(38)39-3)13-16-6-8-21(27-19(16)5-4-10-34-27)20-9-7-18(33-2)14-22(20)30/h4-12,14,25H,13H2,1,3H3,(H,35,37)/t25-/m0/s1. The minimum Gasteiger partial charge on any atom is -0.467 e. The van der Waals surface area contributed by atoms with Gasteiger partial charge in [0.1, 0.15) is 23.2 Å². The zero-order chi connectivity index (χ0) is 28.3. The topological polar surface area (TPSA) is 89.7 Å². The first-order chi connectivity index (χ1) is 18.6. The van der Waals surface area contributed by atoms with Crippen molar-refractivity contribution in [3.63, 3.8) is 0 Å². The molecule has 0 spiro atoms. The summed E-state index contributed by atoms with van der Waals surface area (Å²) in [7, 11) is 1.13. The fourth-order valence-corrected chi connectivity index (χ4v) is 4.47. The van der Waals surface area contributed by atoms with E-state index >= 15 is 0 Å². The molecule has 4 rings (SSSR count). The van der Waals surface area contributed by atoms with Gasteiger partial charge in [0, 0.05) is 34.2 Å². The molecule has 0 radical (unpaired) electrons. The number of pyridine rings is 1. The molecule has 1 atom stereocenters. The molecule has 0 fully saturated rings. The molecule has 0 unspecified atom stereocenters. The normalized spacial score (nSPS) is 11.5. The number of nitrogens with zero attached hydrogens (tertiary/aromatic N) is 2. The average Bonchev–Trinajstić information content (AvgIpc) is 2.92. The number of ether oxygens (including phenoxy) is 1. The maximum absolute atomic E-state index is 14.6. The van der Waals surface area contributed by atoms with Gasteiger partial charge in [-0.1, -0.05) is 41.9 Å². The van der Waals surface area contributed by atoms with E-state index in [-0.39, 0.29) is 12.0 Å². The monoisotopic (exact) mass is 547 g/mol. The molecule has 0 saturated heterocycles. The van der Waals surface area contributed by atoms with Crippen LogP contribution in [0.25, 0.3) is 26.9 Å². The Balaban J connectivity index is 1.71. The Hall–Kier alpha value is -4.68. The van der Waals surface area contributed by atoms with Crippen LogP contribution in [0.1, 0.15) is 33.2 Å². The second kappa shape index (κ2) is 11.4. The minimum atomic E-state index is -1.30. The number of ketones is 1. The number of aromatic nitrogens is 1. The van der Waals surface area contributed by atoms with Gasteiger partial charge < -0.3 is 10.1 Å². The van der Waals surface area contributed by atoms with E-state index in [0.717, 1.165) is 26.2 Å². The van der Waals surface area contributed by atoms with E-state index in [2.05, 4.69) is 15.1 Å². The molecule has 7 nitrogen and oxygen atoms in total. The zero-order valence-electron chi connectivity index (χ0n) is 20.7. The largest absolute Gasteiger partial charge is 0.467 e. The quantitative estimate of drug-likeness (QED) is 0.171. The van der Waals surface area contributed by atoms with E-state index in [1.807, 2.05) is 0 Å². The number of esters is 1. The van der Waals surface area contributed by atoms with Crippen LogP contribution in [0, 0.1) is 18.2 Å². The Kier molecular flexibility index (Phi) is 7.98. The number of hydrogen-bond donors (Lipinski definition) is 1. The molecule has 4 aromatic rings. The first-order valence-electron chi connectivity index (χ1n) is 11.6. The number of rotatable bonds is 7. The van der Waals surface area contributed by atoms with Crippen molar-refractivity contribution in [2.24, 2.45) is 0 Å². The van der Waals surface area contributed by atoms with Crippen molar-refractivity contribution < 1.29 is 27.9 Å². The number of carbonyl (C=O) groups excluding carboxylic acids is 3. The predicted octanol–water partition coefficient (Wildman–Crippen LogP) is 6.10. The van der Waals surface area contributed by atoms with Crippen molar-refractivity contribution in [2.45, 2.75) is 19.4 Å². The maximum atomic E-state index is 14.6. The van der Waals surface area contributed by atoms with Gasteiger partial charge in [0.2, 0.25) is 0 Å². The van der Waals surface area contributed by atoms with E-state index in [9.17, 15) is 23.2 Å². The molecule has 0 bridgehead atoms. The molecule has 0 saturated carbocycles. The lowest BCUT2D eigenvalue weighted by Gasteiger charge is -2.19. The molecular formula is C29H20ClF2N3O4. The summed E-state index contributed by atoms with van der Waals surface area (Å²) >= 11 is 6.44. The Morgan fingerprint density at radius 3 is 2.38 bits per heavy atom. The Morgan fingerprint density at radius 1 is 1.08 bits per heavy atom. The second-order valence-electron chi connectivity index (χ2n) is 8.57. The summed E-state index contributed by atoms with van der Waals surface area (Å²) in [5.74, 6) is -5.05. The minimum absolute atomic E-state index is 0.0833. The van der Waals surface area contributed by atoms with Crippen LogP contribution in [-0.4, -0.2) is 35.8 Å². The molecule has 0 aliphatic rings. The third kappa shape index (κ3) is 5.61. The fourth-order valence-electron chi connectivity index (χ4n) is 4.20. The van der Waals surface area contributed by atoms with Crippen LogP contribution < -0.4 is 5.32 Å². The molecule has 1 N–H and O–H groups in total. The molecule has 0 aliphatic carbocycles. The molecule has 10 heteroatoms. The van der Waals surface area contributed by atoms with Crippen molar-refractivity contribution in [1.29, 1.82) is 0 Å². The number of hydrogen-bond acceptors (Lipinski definition) is 5. The van der Waals surface area contributed by atoms with Crippen LogP contribution in [0.4, 0.5) is 14.5 Å². The number of Topliss-reactive ketones (excluding diaryl/α,β-unsaturated/α-hetero) is 1. The average molecular weight is 548 g/mol. The number of methoxy groups -OCH3 is 1. The van der Waals surface area contributed by atoms with Gasteiger partial charge in [-0.2, -0.15) is 0 Å². The van der Waals surface area contributed by atoms with E-state index in [4.69, 9.17) is 22.9 Å². The summed E-state index contributed by atoms with van der Waals surface area (Å²) in [6.45, 7) is 8.32. The van der Waals surface area contributed by atoms with Crippen molar-refractivity contribution in [2.75, 3.05) is 7.11 Å². The van der Waals surface area contributed by atoms with Crippen molar-refractivity contribution >= 4 is 45.9 Å². The van der Waals surface area contributed by atoms with Gasteiger partial charge in [0.05, 0.1) is 19.2 Å². The fraction of sp³-hybridized carbons (Fsp3) is 0.138. The highest BCUT2D eigenvalue weighted by Gasteiger charge is 2.27. The van der Waals surface area contributed by atoms with Gasteiger partial charge in [-0.05, 0) is 42.3 Å².